The molecular formula is C18H28FN3O6S2. The molecule has 0 spiro atoms. The molecule has 1 amide bonds. The maximum atomic E-state index is 14.0. The molecule has 1 aromatic carbocycles. The molecule has 0 aromatic heterocycles. The number of sulfonamides is 2. The summed E-state index contributed by atoms with van der Waals surface area (Å²) in [5, 5.41) is 4.93. The molecule has 9 nitrogen and oxygen atoms in total. The molecular weight excluding hydrogens is 437 g/mol. The predicted molar refractivity (Wildman–Crippen MR) is 110 cm³/mol. The van der Waals surface area contributed by atoms with E-state index in [1.165, 1.54) is 0 Å². The van der Waals surface area contributed by atoms with E-state index in [4.69, 9.17) is 9.88 Å². The van der Waals surface area contributed by atoms with E-state index in [1.54, 1.807) is 25.7 Å². The van der Waals surface area contributed by atoms with E-state index in [2.05, 4.69) is 4.72 Å². The Bertz CT molecular complexity index is 982. The van der Waals surface area contributed by atoms with Crippen molar-refractivity contribution in [2.75, 3.05) is 23.6 Å². The summed E-state index contributed by atoms with van der Waals surface area (Å²) in [6.07, 6.45) is 1.26. The fourth-order valence-corrected chi connectivity index (χ4v) is 4.80. The molecule has 2 rings (SSSR count). The molecule has 170 valence electrons. The van der Waals surface area contributed by atoms with Crippen LogP contribution < -0.4 is 9.86 Å². The minimum absolute atomic E-state index is 0.106. The number of anilines is 1. The summed E-state index contributed by atoms with van der Waals surface area (Å²) in [7, 11) is -7.92. The van der Waals surface area contributed by atoms with Crippen LogP contribution in [-0.2, 0) is 24.8 Å². The van der Waals surface area contributed by atoms with Crippen LogP contribution in [0.1, 0.15) is 40.0 Å². The molecule has 12 heteroatoms. The van der Waals surface area contributed by atoms with Gasteiger partial charge in [-0.1, -0.05) is 0 Å². The molecule has 0 atom stereocenters. The number of nitrogens with two attached hydrogens (primary N) is 1. The number of carbonyl (C=O) groups is 1. The van der Waals surface area contributed by atoms with Gasteiger partial charge in [0.15, 0.2) is 0 Å². The van der Waals surface area contributed by atoms with Crippen molar-refractivity contribution in [1.29, 1.82) is 0 Å². The lowest BCUT2D eigenvalue weighted by molar-refractivity contribution is 0.0183. The quantitative estimate of drug-likeness (QED) is 0.661. The zero-order valence-corrected chi connectivity index (χ0v) is 18.9. The minimum atomic E-state index is -4.09. The van der Waals surface area contributed by atoms with Crippen LogP contribution in [-0.4, -0.2) is 52.3 Å². The molecule has 0 bridgehead atoms. The molecule has 0 radical (unpaired) electrons. The Kier molecular flexibility index (Phi) is 7.36. The molecule has 1 aliphatic rings. The second-order valence-electron chi connectivity index (χ2n) is 8.31. The number of carbonyl (C=O) groups excluding carboxylic acids is 1. The Hall–Kier alpha value is -1.92. The summed E-state index contributed by atoms with van der Waals surface area (Å²) in [5.41, 5.74) is -0.919. The van der Waals surface area contributed by atoms with Gasteiger partial charge in [0, 0.05) is 13.1 Å². The highest BCUT2D eigenvalue weighted by molar-refractivity contribution is 7.92. The van der Waals surface area contributed by atoms with Crippen molar-refractivity contribution in [1.82, 2.24) is 4.90 Å². The standard InChI is InChI=1S/C18H28FN3O6S2/c1-18(2,3)28-17(23)22-9-6-13(7-10-22)8-11-29(24,25)21-16-5-4-14(12-15(16)19)30(20,26)27/h4-5,12-13,21H,6-11H2,1-3H3,(H2,20,26,27). The highest BCUT2D eigenvalue weighted by Gasteiger charge is 2.27. The first kappa shape index (κ1) is 24.4. The first-order valence-corrected chi connectivity index (χ1v) is 12.7. The first-order valence-electron chi connectivity index (χ1n) is 9.47. The Morgan fingerprint density at radius 1 is 1.23 bits per heavy atom. The van der Waals surface area contributed by atoms with Gasteiger partial charge in [0.25, 0.3) is 0 Å². The van der Waals surface area contributed by atoms with Gasteiger partial charge in [0.1, 0.15) is 11.4 Å². The summed E-state index contributed by atoms with van der Waals surface area (Å²) in [5.74, 6) is -1.15. The van der Waals surface area contributed by atoms with Crippen LogP contribution in [0, 0.1) is 11.7 Å². The lowest BCUT2D eigenvalue weighted by atomic mass is 9.95. The molecule has 1 aromatic rings. The van der Waals surface area contributed by atoms with Crippen LogP contribution >= 0.6 is 0 Å². The van der Waals surface area contributed by atoms with Crippen LogP contribution in [0.3, 0.4) is 0 Å². The Morgan fingerprint density at radius 2 is 1.83 bits per heavy atom. The zero-order chi connectivity index (χ0) is 22.7. The minimum Gasteiger partial charge on any atom is -0.444 e. The van der Waals surface area contributed by atoms with E-state index in [-0.39, 0.29) is 23.5 Å². The lowest BCUT2D eigenvalue weighted by Crippen LogP contribution is -2.42. The molecule has 1 aliphatic heterocycles. The van der Waals surface area contributed by atoms with Crippen LogP contribution in [0.25, 0.3) is 0 Å². The van der Waals surface area contributed by atoms with E-state index in [0.29, 0.717) is 38.4 Å². The van der Waals surface area contributed by atoms with Crippen LogP contribution in [0.5, 0.6) is 0 Å². The van der Waals surface area contributed by atoms with Crippen LogP contribution in [0.2, 0.25) is 0 Å². The number of piperidine rings is 1. The number of amides is 1. The first-order chi connectivity index (χ1) is 13.7. The van der Waals surface area contributed by atoms with E-state index in [9.17, 15) is 26.0 Å². The lowest BCUT2D eigenvalue weighted by Gasteiger charge is -2.33. The number of nitrogens with zero attached hydrogens (tertiary/aromatic N) is 1. The second kappa shape index (κ2) is 9.06. The van der Waals surface area contributed by atoms with Gasteiger partial charge in [0.2, 0.25) is 20.0 Å². The highest BCUT2D eigenvalue weighted by Crippen LogP contribution is 2.24. The van der Waals surface area contributed by atoms with Gasteiger partial charge in [-0.05, 0) is 64.2 Å². The number of hydrogen-bond donors (Lipinski definition) is 2. The zero-order valence-electron chi connectivity index (χ0n) is 17.2. The summed E-state index contributed by atoms with van der Waals surface area (Å²) in [4.78, 5) is 13.2. The Balaban J connectivity index is 1.87. The Morgan fingerprint density at radius 3 is 2.33 bits per heavy atom. The highest BCUT2D eigenvalue weighted by atomic mass is 32.2. The van der Waals surface area contributed by atoms with E-state index in [1.807, 2.05) is 0 Å². The van der Waals surface area contributed by atoms with Gasteiger partial charge in [0.05, 0.1) is 16.3 Å². The molecule has 1 saturated heterocycles. The van der Waals surface area contributed by atoms with Gasteiger partial charge in [-0.15, -0.1) is 0 Å². The van der Waals surface area contributed by atoms with Crippen molar-refractivity contribution < 1.29 is 30.8 Å². The average Bonchev–Trinajstić information content (AvgIpc) is 2.60. The van der Waals surface area contributed by atoms with E-state index < -0.39 is 36.4 Å². The van der Waals surface area contributed by atoms with Crippen molar-refractivity contribution in [2.24, 2.45) is 11.1 Å². The van der Waals surface area contributed by atoms with E-state index in [0.717, 1.165) is 12.1 Å². The fraction of sp³-hybridized carbons (Fsp3) is 0.611. The smallest absolute Gasteiger partial charge is 0.410 e. The van der Waals surface area contributed by atoms with E-state index >= 15 is 0 Å². The van der Waals surface area contributed by atoms with Crippen molar-refractivity contribution in [3.8, 4) is 0 Å². The van der Waals surface area contributed by atoms with Gasteiger partial charge in [-0.2, -0.15) is 0 Å². The number of benzene rings is 1. The third-order valence-corrected chi connectivity index (χ3v) is 6.81. The summed E-state index contributed by atoms with van der Waals surface area (Å²) < 4.78 is 68.6. The maximum absolute atomic E-state index is 14.0. The largest absolute Gasteiger partial charge is 0.444 e. The van der Waals surface area contributed by atoms with Gasteiger partial charge in [-0.3, -0.25) is 4.72 Å². The summed E-state index contributed by atoms with van der Waals surface area (Å²) in [6.45, 7) is 6.34. The number of halogens is 1. The van der Waals surface area contributed by atoms with Gasteiger partial charge < -0.3 is 9.64 Å². The number of nitrogens with one attached hydrogen (secondary N) is 1. The van der Waals surface area contributed by atoms with Crippen molar-refractivity contribution in [2.45, 2.75) is 50.5 Å². The van der Waals surface area contributed by atoms with Gasteiger partial charge in [-0.25, -0.2) is 31.2 Å². The number of likely N-dealkylation sites (tertiary alicyclic amines) is 1. The fourth-order valence-electron chi connectivity index (χ4n) is 3.03. The molecule has 0 aliphatic carbocycles. The number of ether oxygens (including phenoxy) is 1. The molecule has 0 saturated carbocycles. The monoisotopic (exact) mass is 465 g/mol. The Labute approximate surface area is 176 Å². The predicted octanol–water partition coefficient (Wildman–Crippen LogP) is 2.25. The van der Waals surface area contributed by atoms with Crippen LogP contribution in [0.15, 0.2) is 23.1 Å². The van der Waals surface area contributed by atoms with Crippen molar-refractivity contribution >= 4 is 31.8 Å². The summed E-state index contributed by atoms with van der Waals surface area (Å²) in [6, 6.07) is 2.72. The van der Waals surface area contributed by atoms with Crippen LogP contribution in [0.4, 0.5) is 14.9 Å². The third-order valence-electron chi connectivity index (χ3n) is 4.60. The average molecular weight is 466 g/mol. The number of hydrogen-bond acceptors (Lipinski definition) is 6. The normalized spacial score (nSPS) is 16.4. The number of rotatable bonds is 6. The molecule has 1 fully saturated rings. The second-order valence-corrected chi connectivity index (χ2v) is 11.7. The van der Waals surface area contributed by atoms with Crippen molar-refractivity contribution in [3.63, 3.8) is 0 Å². The maximum Gasteiger partial charge on any atom is 0.410 e. The molecule has 30 heavy (non-hydrogen) atoms. The topological polar surface area (TPSA) is 136 Å². The van der Waals surface area contributed by atoms with Gasteiger partial charge >= 0.3 is 6.09 Å². The SMILES string of the molecule is CC(C)(C)OC(=O)N1CCC(CCS(=O)(=O)Nc2ccc(S(N)(=O)=O)cc2F)CC1. The third kappa shape index (κ3) is 7.40. The molecule has 3 N–H and O–H groups in total. The number of primary sulfonamides is 1. The summed E-state index contributed by atoms with van der Waals surface area (Å²) >= 11 is 0. The van der Waals surface area contributed by atoms with Crippen molar-refractivity contribution in [3.05, 3.63) is 24.0 Å². The molecule has 1 heterocycles. The molecule has 0 unspecified atom stereocenters.